The van der Waals surface area contributed by atoms with Crippen LogP contribution in [0.3, 0.4) is 0 Å². The van der Waals surface area contributed by atoms with Crippen LogP contribution in [0.25, 0.3) is 21.8 Å². The maximum atomic E-state index is 11.5. The Labute approximate surface area is 259 Å². The van der Waals surface area contributed by atoms with Gasteiger partial charge in [-0.2, -0.15) is 0 Å². The number of esters is 2. The minimum Gasteiger partial charge on any atom is -0.394 e. The molecular weight excluding hydrogens is 560 g/mol. The smallest absolute Gasteiger partial charge is 0.310 e. The number of nitrogens with zero attached hydrogens (tertiary/aromatic N) is 1. The number of aliphatic hydroxyl groups is 2. The third kappa shape index (κ3) is 13.1. The Hall–Kier alpha value is -3.99. The van der Waals surface area contributed by atoms with E-state index in [4.69, 9.17) is 0 Å². The predicted molar refractivity (Wildman–Crippen MR) is 174 cm³/mol. The number of amides is 1. The van der Waals surface area contributed by atoms with Crippen molar-refractivity contribution in [3.8, 4) is 0 Å². The fourth-order valence-corrected chi connectivity index (χ4v) is 4.64. The van der Waals surface area contributed by atoms with Crippen molar-refractivity contribution in [1.29, 1.82) is 0 Å². The lowest BCUT2D eigenvalue weighted by Crippen LogP contribution is -2.41. The molecule has 4 rings (SSSR count). The van der Waals surface area contributed by atoms with E-state index in [1.54, 1.807) is 4.90 Å². The molecule has 10 nitrogen and oxygen atoms in total. The van der Waals surface area contributed by atoms with Crippen molar-refractivity contribution in [2.45, 2.75) is 85.6 Å². The van der Waals surface area contributed by atoms with Crippen molar-refractivity contribution in [2.24, 2.45) is 0 Å². The zero-order valence-electron chi connectivity index (χ0n) is 26.9. The third-order valence-corrected chi connectivity index (χ3v) is 6.57. The van der Waals surface area contributed by atoms with Crippen LogP contribution < -0.4 is 5.32 Å². The number of aromatic nitrogens is 2. The summed E-state index contributed by atoms with van der Waals surface area (Å²) in [7, 11) is 0. The van der Waals surface area contributed by atoms with Crippen molar-refractivity contribution in [2.75, 3.05) is 13.1 Å². The second-order valence-corrected chi connectivity index (χ2v) is 11.4. The van der Waals surface area contributed by atoms with E-state index in [-0.39, 0.29) is 18.1 Å². The Morgan fingerprint density at radius 2 is 1.23 bits per heavy atom. The summed E-state index contributed by atoms with van der Waals surface area (Å²) >= 11 is 0. The molecule has 240 valence electrons. The molecule has 5 N–H and O–H groups in total. The van der Waals surface area contributed by atoms with E-state index in [2.05, 4.69) is 52.1 Å². The fraction of sp³-hybridized carbons (Fsp3) is 0.441. The summed E-state index contributed by atoms with van der Waals surface area (Å²) in [6, 6.07) is 20.9. The monoisotopic (exact) mass is 608 g/mol. The number of carbonyl (C=O) groups is 3. The van der Waals surface area contributed by atoms with Crippen LogP contribution in [0, 0.1) is 0 Å². The summed E-state index contributed by atoms with van der Waals surface area (Å²) in [6.07, 6.45) is 0.277. The first-order valence-electron chi connectivity index (χ1n) is 14.9. The minimum absolute atomic E-state index is 0.00398. The second kappa shape index (κ2) is 18.0. The van der Waals surface area contributed by atoms with Crippen LogP contribution in [0.5, 0.6) is 0 Å². The Morgan fingerprint density at radius 3 is 1.59 bits per heavy atom. The van der Waals surface area contributed by atoms with E-state index in [1.165, 1.54) is 26.2 Å². The normalized spacial score (nSPS) is 12.2. The maximum absolute atomic E-state index is 11.5. The van der Waals surface area contributed by atoms with Gasteiger partial charge in [-0.1, -0.05) is 50.2 Å². The first-order chi connectivity index (χ1) is 20.7. The van der Waals surface area contributed by atoms with Crippen LogP contribution in [-0.4, -0.2) is 80.3 Å². The predicted octanol–water partition coefficient (Wildman–Crippen LogP) is 4.49. The number of para-hydroxylation sites is 2. The molecule has 2 aromatic heterocycles. The van der Waals surface area contributed by atoms with Gasteiger partial charge in [0, 0.05) is 81.2 Å². The van der Waals surface area contributed by atoms with Crippen molar-refractivity contribution in [3.63, 3.8) is 0 Å². The molecule has 2 atom stereocenters. The van der Waals surface area contributed by atoms with Gasteiger partial charge >= 0.3 is 11.9 Å². The van der Waals surface area contributed by atoms with Crippen LogP contribution in [0.1, 0.15) is 59.9 Å². The number of nitrogens with one attached hydrogen (secondary N) is 3. The van der Waals surface area contributed by atoms with Crippen molar-refractivity contribution >= 4 is 39.7 Å². The Bertz CT molecular complexity index is 1400. The molecular formula is C34H48N4O6. The highest BCUT2D eigenvalue weighted by Crippen LogP contribution is 2.17. The summed E-state index contributed by atoms with van der Waals surface area (Å²) in [6.45, 7) is 13.0. The molecule has 2 heterocycles. The number of benzene rings is 2. The summed E-state index contributed by atoms with van der Waals surface area (Å²) in [5, 5.41) is 25.7. The molecule has 0 unspecified atom stereocenters. The highest BCUT2D eigenvalue weighted by Gasteiger charge is 2.18. The molecule has 0 saturated carbocycles. The number of ether oxygens (including phenoxy) is 1. The summed E-state index contributed by atoms with van der Waals surface area (Å²) in [4.78, 5) is 39.5. The van der Waals surface area contributed by atoms with Gasteiger partial charge in [0.25, 0.3) is 0 Å². The molecule has 44 heavy (non-hydrogen) atoms. The summed E-state index contributed by atoms with van der Waals surface area (Å²) < 4.78 is 3.97. The van der Waals surface area contributed by atoms with Gasteiger partial charge < -0.3 is 35.1 Å². The largest absolute Gasteiger partial charge is 0.394 e. The van der Waals surface area contributed by atoms with E-state index in [1.807, 2.05) is 56.3 Å². The third-order valence-electron chi connectivity index (χ3n) is 6.57. The van der Waals surface area contributed by atoms with Crippen LogP contribution in [0.2, 0.25) is 0 Å². The average Bonchev–Trinajstić information content (AvgIpc) is 3.53. The van der Waals surface area contributed by atoms with Crippen molar-refractivity contribution < 1.29 is 29.3 Å². The molecule has 4 aromatic rings. The van der Waals surface area contributed by atoms with Crippen LogP contribution in [-0.2, 0) is 32.0 Å². The second-order valence-electron chi connectivity index (χ2n) is 11.4. The number of H-pyrrole nitrogens is 2. The number of hydrogen-bond acceptors (Lipinski definition) is 7. The van der Waals surface area contributed by atoms with Gasteiger partial charge in [-0.15, -0.1) is 0 Å². The molecule has 0 radical (unpaired) electrons. The van der Waals surface area contributed by atoms with Gasteiger partial charge in [0.05, 0.1) is 12.2 Å². The van der Waals surface area contributed by atoms with E-state index >= 15 is 0 Å². The molecule has 0 aliphatic rings. The van der Waals surface area contributed by atoms with Gasteiger partial charge in [0.2, 0.25) is 5.91 Å². The van der Waals surface area contributed by atoms with Crippen molar-refractivity contribution in [3.05, 3.63) is 72.1 Å². The number of carbonyl (C=O) groups excluding carboxylic acids is 3. The highest BCUT2D eigenvalue weighted by molar-refractivity contribution is 5.82. The molecule has 0 aliphatic heterocycles. The molecule has 2 aromatic carbocycles. The zero-order valence-corrected chi connectivity index (χ0v) is 26.9. The Morgan fingerprint density at radius 1 is 0.773 bits per heavy atom. The Kier molecular flexibility index (Phi) is 14.8. The SMILES string of the molecule is CC(=O)N(C[C@H](O)Cc1cc2ccccc2[nH]1)C(C)C.CC(=O)OC(C)=O.CC(C)NC[C@H](O)Cc1cc2ccccc2[nH]1. The first kappa shape index (κ1) is 36.2. The highest BCUT2D eigenvalue weighted by atomic mass is 16.6. The number of aromatic amines is 2. The maximum Gasteiger partial charge on any atom is 0.310 e. The van der Waals surface area contributed by atoms with E-state index in [0.717, 1.165) is 27.8 Å². The summed E-state index contributed by atoms with van der Waals surface area (Å²) in [5.41, 5.74) is 4.28. The fourth-order valence-electron chi connectivity index (χ4n) is 4.64. The standard InChI is InChI=1S/C16H22N2O2.C14H20N2O.C4H6O3/c1-11(2)18(12(3)19)10-15(20)9-14-8-13-6-4-5-7-16(13)17-14;1-10(2)15-9-13(17)8-12-7-11-5-3-4-6-14(11)16-12;1-3(5)7-4(2)6/h4-8,11,15,17,20H,9-10H2,1-3H3;3-7,10,13,15-17H,8-9H2,1-2H3;1-2H3/t15-;13-;/m11./s1. The molecule has 0 bridgehead atoms. The van der Waals surface area contributed by atoms with Gasteiger partial charge in [-0.05, 0) is 48.9 Å². The molecule has 0 spiro atoms. The number of fused-ring (bicyclic) bond motifs is 2. The quantitative estimate of drug-likeness (QED) is 0.132. The molecule has 0 saturated heterocycles. The van der Waals surface area contributed by atoms with Gasteiger partial charge in [0.1, 0.15) is 0 Å². The number of aliphatic hydroxyl groups excluding tert-OH is 2. The molecule has 1 amide bonds. The lowest BCUT2D eigenvalue weighted by molar-refractivity contribution is -0.156. The van der Waals surface area contributed by atoms with Gasteiger partial charge in [-0.3, -0.25) is 14.4 Å². The lowest BCUT2D eigenvalue weighted by atomic mass is 10.1. The van der Waals surface area contributed by atoms with E-state index < -0.39 is 18.0 Å². The van der Waals surface area contributed by atoms with Crippen LogP contribution in [0.15, 0.2) is 60.7 Å². The van der Waals surface area contributed by atoms with E-state index in [0.29, 0.717) is 32.0 Å². The lowest BCUT2D eigenvalue weighted by Gasteiger charge is -2.27. The average molecular weight is 609 g/mol. The number of hydrogen-bond donors (Lipinski definition) is 5. The van der Waals surface area contributed by atoms with E-state index in [9.17, 15) is 24.6 Å². The van der Waals surface area contributed by atoms with Gasteiger partial charge in [-0.25, -0.2) is 0 Å². The minimum atomic E-state index is -0.562. The zero-order chi connectivity index (χ0) is 32.8. The van der Waals surface area contributed by atoms with Crippen molar-refractivity contribution in [1.82, 2.24) is 20.2 Å². The molecule has 0 fully saturated rings. The first-order valence-corrected chi connectivity index (χ1v) is 14.9. The molecule has 0 aliphatic carbocycles. The molecule has 10 heteroatoms. The van der Waals surface area contributed by atoms with Crippen LogP contribution >= 0.6 is 0 Å². The summed E-state index contributed by atoms with van der Waals surface area (Å²) in [5.74, 6) is -1.13. The topological polar surface area (TPSA) is 148 Å². The van der Waals surface area contributed by atoms with Gasteiger partial charge in [0.15, 0.2) is 0 Å². The number of rotatable bonds is 10. The Balaban J connectivity index is 0.000000256. The van der Waals surface area contributed by atoms with Crippen LogP contribution in [0.4, 0.5) is 0 Å².